The Morgan fingerprint density at radius 1 is 1.14 bits per heavy atom. The predicted octanol–water partition coefficient (Wildman–Crippen LogP) is 4.40. The van der Waals surface area contributed by atoms with Gasteiger partial charge in [-0.1, -0.05) is 24.3 Å². The smallest absolute Gasteiger partial charge is 0.384 e. The number of nitrogens with one attached hydrogen (secondary N) is 4. The molecule has 2 bridgehead atoms. The van der Waals surface area contributed by atoms with Gasteiger partial charge in [0.2, 0.25) is 5.91 Å². The molecule has 13 heteroatoms. The Hall–Kier alpha value is -4.78. The number of nitrogen functional groups attached to an aromatic ring is 1. The lowest BCUT2D eigenvalue weighted by Gasteiger charge is -2.21. The summed E-state index contributed by atoms with van der Waals surface area (Å²) in [6, 6.07) is 7.60. The molecule has 2 aliphatic heterocycles. The van der Waals surface area contributed by atoms with Gasteiger partial charge in [0.05, 0.1) is 28.4 Å². The average Bonchev–Trinajstić information content (AvgIpc) is 3.46. The summed E-state index contributed by atoms with van der Waals surface area (Å²) in [4.78, 5) is 35.8. The van der Waals surface area contributed by atoms with Crippen LogP contribution in [0.2, 0.25) is 0 Å². The van der Waals surface area contributed by atoms with Crippen molar-refractivity contribution in [2.24, 2.45) is 5.92 Å². The number of carbonyl (C=O) groups is 2. The lowest BCUT2D eigenvalue weighted by Crippen LogP contribution is -2.39. The van der Waals surface area contributed by atoms with E-state index in [0.717, 1.165) is 36.9 Å². The molecule has 6 N–H and O–H groups in total. The van der Waals surface area contributed by atoms with Gasteiger partial charge in [0.25, 0.3) is 5.91 Å². The van der Waals surface area contributed by atoms with Crippen LogP contribution in [-0.4, -0.2) is 64.6 Å². The summed E-state index contributed by atoms with van der Waals surface area (Å²) in [6.45, 7) is 4.67. The number of hydrogen-bond acceptors (Lipinski definition) is 8. The van der Waals surface area contributed by atoms with E-state index in [1.807, 2.05) is 19.1 Å². The van der Waals surface area contributed by atoms with Gasteiger partial charge in [0.1, 0.15) is 11.6 Å². The molecule has 3 aromatic rings. The van der Waals surface area contributed by atoms with E-state index in [0.29, 0.717) is 42.9 Å². The number of nitrogens with two attached hydrogens (primary N) is 1. The number of anilines is 3. The lowest BCUT2D eigenvalue weighted by atomic mass is 9.97. The number of hydrogen-bond donors (Lipinski definition) is 5. The minimum absolute atomic E-state index is 0.0164. The van der Waals surface area contributed by atoms with Crippen LogP contribution in [0.1, 0.15) is 52.4 Å². The molecule has 4 heterocycles. The van der Waals surface area contributed by atoms with Gasteiger partial charge in [-0.25, -0.2) is 9.97 Å². The second kappa shape index (κ2) is 12.8. The summed E-state index contributed by atoms with van der Waals surface area (Å²) in [7, 11) is 0. The standard InChI is InChI=1S/C31H33F3N8O2/c1-18-8-11-38-27-21(3-2-13-42-14-10-22(17-42)30(44)40-18)16-39-28(36)25(27)26(35)19-4-6-20(7-5-19)29(43)41-24-15-23(9-12-37-24)31(32,33)34/h2-7,9,12,15-16,18,22,35,38H,8,10-11,13-14,17H2,1H3,(H2,36,39)(H,40,44)(H,37,41,43)/b3-2+,35-26?/t18?,22-/m1/s1. The maximum Gasteiger partial charge on any atom is 0.416 e. The van der Waals surface area contributed by atoms with Crippen molar-refractivity contribution in [1.29, 1.82) is 5.41 Å². The zero-order valence-corrected chi connectivity index (χ0v) is 24.0. The fourth-order valence-corrected chi connectivity index (χ4v) is 5.29. The van der Waals surface area contributed by atoms with Crippen LogP contribution in [0.4, 0.5) is 30.5 Å². The summed E-state index contributed by atoms with van der Waals surface area (Å²) in [6.07, 6.45) is 3.47. The number of fused-ring (bicyclic) bond motifs is 3. The molecule has 0 saturated carbocycles. The quantitative estimate of drug-likeness (QED) is 0.277. The highest BCUT2D eigenvalue weighted by Gasteiger charge is 2.31. The van der Waals surface area contributed by atoms with Gasteiger partial charge in [0, 0.05) is 54.8 Å². The van der Waals surface area contributed by atoms with Crippen molar-refractivity contribution in [1.82, 2.24) is 20.2 Å². The van der Waals surface area contributed by atoms with Gasteiger partial charge in [-0.3, -0.25) is 19.9 Å². The van der Waals surface area contributed by atoms with Crippen LogP contribution < -0.4 is 21.7 Å². The number of pyridine rings is 2. The first kappa shape index (κ1) is 30.7. The maximum absolute atomic E-state index is 13.0. The minimum atomic E-state index is -4.57. The lowest BCUT2D eigenvalue weighted by molar-refractivity contribution is -0.137. The van der Waals surface area contributed by atoms with E-state index in [2.05, 4.69) is 30.8 Å². The number of amides is 2. The summed E-state index contributed by atoms with van der Waals surface area (Å²) in [5, 5.41) is 17.9. The van der Waals surface area contributed by atoms with E-state index >= 15 is 0 Å². The largest absolute Gasteiger partial charge is 0.416 e. The molecule has 2 amide bonds. The van der Waals surface area contributed by atoms with Gasteiger partial charge in [-0.05, 0) is 50.6 Å². The average molecular weight is 607 g/mol. The molecular weight excluding hydrogens is 573 g/mol. The number of carbonyl (C=O) groups excluding carboxylic acids is 2. The highest BCUT2D eigenvalue weighted by atomic mass is 19.4. The molecule has 44 heavy (non-hydrogen) atoms. The van der Waals surface area contributed by atoms with Crippen molar-refractivity contribution in [2.45, 2.75) is 32.0 Å². The van der Waals surface area contributed by atoms with Gasteiger partial charge in [-0.15, -0.1) is 0 Å². The predicted molar refractivity (Wildman–Crippen MR) is 163 cm³/mol. The third-order valence-electron chi connectivity index (χ3n) is 7.72. The van der Waals surface area contributed by atoms with Crippen LogP contribution in [0.3, 0.4) is 0 Å². The van der Waals surface area contributed by atoms with Crippen molar-refractivity contribution >= 4 is 40.9 Å². The number of nitrogens with zero attached hydrogens (tertiary/aromatic N) is 3. The second-order valence-electron chi connectivity index (χ2n) is 11.0. The Balaban J connectivity index is 1.38. The highest BCUT2D eigenvalue weighted by Crippen LogP contribution is 2.31. The van der Waals surface area contributed by atoms with E-state index in [4.69, 9.17) is 11.1 Å². The van der Waals surface area contributed by atoms with Crippen LogP contribution in [0.5, 0.6) is 0 Å². The Labute approximate surface area is 252 Å². The zero-order valence-electron chi connectivity index (χ0n) is 24.0. The molecule has 1 saturated heterocycles. The van der Waals surface area contributed by atoms with E-state index in [1.165, 1.54) is 12.1 Å². The van der Waals surface area contributed by atoms with Gasteiger partial charge in [-0.2, -0.15) is 13.2 Å². The van der Waals surface area contributed by atoms with Crippen molar-refractivity contribution in [3.05, 3.63) is 82.7 Å². The van der Waals surface area contributed by atoms with E-state index in [9.17, 15) is 22.8 Å². The topological polar surface area (TPSA) is 149 Å². The van der Waals surface area contributed by atoms with Gasteiger partial charge in [0.15, 0.2) is 0 Å². The first-order valence-electron chi connectivity index (χ1n) is 14.2. The highest BCUT2D eigenvalue weighted by molar-refractivity contribution is 6.17. The molecule has 0 radical (unpaired) electrons. The molecule has 230 valence electrons. The number of halogens is 3. The Morgan fingerprint density at radius 2 is 1.89 bits per heavy atom. The molecule has 2 aromatic heterocycles. The van der Waals surface area contributed by atoms with Crippen molar-refractivity contribution in [3.63, 3.8) is 0 Å². The third kappa shape index (κ3) is 7.05. The number of benzene rings is 1. The fourth-order valence-electron chi connectivity index (χ4n) is 5.29. The molecule has 0 aliphatic carbocycles. The first-order chi connectivity index (χ1) is 21.0. The number of aromatic nitrogens is 2. The van der Waals surface area contributed by atoms with E-state index in [-0.39, 0.29) is 40.8 Å². The summed E-state index contributed by atoms with van der Waals surface area (Å²) in [5.74, 6) is -0.676. The molecule has 2 unspecified atom stereocenters. The summed E-state index contributed by atoms with van der Waals surface area (Å²) < 4.78 is 39.1. The number of rotatable bonds is 4. The van der Waals surface area contributed by atoms with Crippen molar-refractivity contribution in [3.8, 4) is 0 Å². The molecule has 3 atom stereocenters. The zero-order chi connectivity index (χ0) is 31.4. The Morgan fingerprint density at radius 3 is 2.64 bits per heavy atom. The second-order valence-corrected chi connectivity index (χ2v) is 11.0. The normalized spacial score (nSPS) is 21.3. The van der Waals surface area contributed by atoms with Crippen LogP contribution in [0.15, 0.2) is 54.9 Å². The van der Waals surface area contributed by atoms with Crippen LogP contribution in [-0.2, 0) is 11.0 Å². The third-order valence-corrected chi connectivity index (χ3v) is 7.72. The van der Waals surface area contributed by atoms with Crippen LogP contribution >= 0.6 is 0 Å². The van der Waals surface area contributed by atoms with Gasteiger partial charge >= 0.3 is 6.18 Å². The molecule has 1 fully saturated rings. The molecule has 5 rings (SSSR count). The molecule has 10 nitrogen and oxygen atoms in total. The Kier molecular flexibility index (Phi) is 8.95. The van der Waals surface area contributed by atoms with E-state index in [1.54, 1.807) is 18.3 Å². The minimum Gasteiger partial charge on any atom is -0.384 e. The monoisotopic (exact) mass is 606 g/mol. The molecular formula is C31H33F3N8O2. The van der Waals surface area contributed by atoms with Crippen molar-refractivity contribution < 1.29 is 22.8 Å². The Bertz CT molecular complexity index is 1590. The van der Waals surface area contributed by atoms with E-state index < -0.39 is 17.6 Å². The van der Waals surface area contributed by atoms with Gasteiger partial charge < -0.3 is 21.7 Å². The molecule has 2 aliphatic rings. The summed E-state index contributed by atoms with van der Waals surface area (Å²) >= 11 is 0. The molecule has 0 spiro atoms. The SMILES string of the molecule is CC1CCNc2c(cnc(N)c2C(=N)c2ccc(C(=O)Nc3cc(C(F)(F)F)ccn3)cc2)/C=C/CN2CC[C@H](C2)C(=O)N1. The number of alkyl halides is 3. The van der Waals surface area contributed by atoms with Crippen molar-refractivity contribution in [2.75, 3.05) is 42.5 Å². The summed E-state index contributed by atoms with van der Waals surface area (Å²) in [5.41, 5.74) is 7.86. The first-order valence-corrected chi connectivity index (χ1v) is 14.2. The fraction of sp³-hybridized carbons (Fsp3) is 0.323. The van der Waals surface area contributed by atoms with Crippen LogP contribution in [0, 0.1) is 11.3 Å². The van der Waals surface area contributed by atoms with Crippen LogP contribution in [0.25, 0.3) is 6.08 Å². The molecule has 1 aromatic carbocycles. The maximum atomic E-state index is 13.0.